The Kier molecular flexibility index (Phi) is 3.28. The van der Waals surface area contributed by atoms with Crippen LogP contribution in [0.15, 0.2) is 18.2 Å². The molecule has 0 atom stereocenters. The van der Waals surface area contributed by atoms with Gasteiger partial charge in [0.15, 0.2) is 0 Å². The molecule has 1 aliphatic rings. The van der Waals surface area contributed by atoms with Crippen LogP contribution in [-0.4, -0.2) is 11.8 Å². The predicted molar refractivity (Wildman–Crippen MR) is 66.5 cm³/mol. The van der Waals surface area contributed by atoms with Crippen LogP contribution in [0.2, 0.25) is 0 Å². The molecule has 1 aromatic carbocycles. The fourth-order valence-electron chi connectivity index (χ4n) is 2.06. The van der Waals surface area contributed by atoms with Crippen LogP contribution in [0, 0.1) is 11.3 Å². The number of carbonyl (C=O) groups is 2. The van der Waals surface area contributed by atoms with Gasteiger partial charge in [-0.15, -0.1) is 0 Å². The van der Waals surface area contributed by atoms with Gasteiger partial charge in [-0.05, 0) is 30.2 Å². The number of hydrogen-bond donors (Lipinski definition) is 1. The predicted octanol–water partition coefficient (Wildman–Crippen LogP) is 1.38. The van der Waals surface area contributed by atoms with Gasteiger partial charge in [0.1, 0.15) is 0 Å². The van der Waals surface area contributed by atoms with Crippen molar-refractivity contribution in [3.63, 3.8) is 0 Å². The molecule has 0 aromatic heterocycles. The van der Waals surface area contributed by atoms with E-state index >= 15 is 0 Å². The van der Waals surface area contributed by atoms with Crippen molar-refractivity contribution in [2.24, 2.45) is 0 Å². The Labute approximate surface area is 105 Å². The number of amides is 2. The normalized spacial score (nSPS) is 13.9. The molecule has 1 aromatic rings. The summed E-state index contributed by atoms with van der Waals surface area (Å²) in [6.45, 7) is 0. The lowest BCUT2D eigenvalue weighted by Gasteiger charge is -2.27. The van der Waals surface area contributed by atoms with Gasteiger partial charge in [-0.1, -0.05) is 0 Å². The molecule has 0 spiro atoms. The number of fused-ring (bicyclic) bond motifs is 1. The molecule has 1 aliphatic heterocycles. The molecule has 2 N–H and O–H groups in total. The summed E-state index contributed by atoms with van der Waals surface area (Å²) in [7, 11) is 0. The summed E-state index contributed by atoms with van der Waals surface area (Å²) in [5.74, 6) is -0.539. The Hall–Kier alpha value is -2.35. The molecule has 0 saturated heterocycles. The number of nitrogens with zero attached hydrogens (tertiary/aromatic N) is 2. The van der Waals surface area contributed by atoms with Crippen molar-refractivity contribution in [1.82, 2.24) is 0 Å². The summed E-state index contributed by atoms with van der Waals surface area (Å²) in [6, 6.07) is 7.05. The van der Waals surface area contributed by atoms with E-state index in [0.717, 1.165) is 5.56 Å². The zero-order valence-electron chi connectivity index (χ0n) is 9.85. The minimum atomic E-state index is -0.327. The second kappa shape index (κ2) is 4.88. The van der Waals surface area contributed by atoms with E-state index in [2.05, 4.69) is 0 Å². The minimum Gasteiger partial charge on any atom is -0.399 e. The number of rotatable bonds is 2. The van der Waals surface area contributed by atoms with Gasteiger partial charge in [0.2, 0.25) is 11.8 Å². The van der Waals surface area contributed by atoms with Gasteiger partial charge in [-0.3, -0.25) is 14.5 Å². The van der Waals surface area contributed by atoms with E-state index in [1.54, 1.807) is 18.2 Å². The maximum Gasteiger partial charge on any atom is 0.234 e. The zero-order valence-corrected chi connectivity index (χ0v) is 9.85. The molecule has 0 radical (unpaired) electrons. The van der Waals surface area contributed by atoms with Gasteiger partial charge < -0.3 is 5.73 Å². The molecule has 0 unspecified atom stereocenters. The van der Waals surface area contributed by atoms with Crippen LogP contribution < -0.4 is 10.6 Å². The Morgan fingerprint density at radius 1 is 1.44 bits per heavy atom. The molecular formula is C13H13N3O2. The summed E-state index contributed by atoms with van der Waals surface area (Å²) < 4.78 is 0. The molecule has 0 bridgehead atoms. The maximum atomic E-state index is 11.9. The van der Waals surface area contributed by atoms with E-state index in [0.29, 0.717) is 24.2 Å². The van der Waals surface area contributed by atoms with Crippen LogP contribution >= 0.6 is 0 Å². The van der Waals surface area contributed by atoms with Crippen molar-refractivity contribution in [3.8, 4) is 6.07 Å². The topological polar surface area (TPSA) is 87.2 Å². The summed E-state index contributed by atoms with van der Waals surface area (Å²) in [4.78, 5) is 25.0. The lowest BCUT2D eigenvalue weighted by Crippen LogP contribution is -2.40. The molecule has 18 heavy (non-hydrogen) atoms. The number of hydrogen-bond acceptors (Lipinski definition) is 4. The monoisotopic (exact) mass is 243 g/mol. The number of aryl methyl sites for hydroxylation is 1. The lowest BCUT2D eigenvalue weighted by molar-refractivity contribution is -0.126. The van der Waals surface area contributed by atoms with E-state index in [4.69, 9.17) is 11.0 Å². The van der Waals surface area contributed by atoms with E-state index in [-0.39, 0.29) is 24.7 Å². The van der Waals surface area contributed by atoms with E-state index in [1.165, 1.54) is 4.90 Å². The molecule has 2 amide bonds. The molecule has 1 heterocycles. The average molecular weight is 243 g/mol. The van der Waals surface area contributed by atoms with Crippen LogP contribution in [0.3, 0.4) is 0 Å². The Bertz CT molecular complexity index is 546. The third kappa shape index (κ3) is 2.18. The van der Waals surface area contributed by atoms with E-state index < -0.39 is 0 Å². The van der Waals surface area contributed by atoms with E-state index in [9.17, 15) is 9.59 Å². The molecule has 0 saturated carbocycles. The van der Waals surface area contributed by atoms with Crippen molar-refractivity contribution in [2.45, 2.75) is 25.7 Å². The quantitative estimate of drug-likeness (QED) is 0.795. The first-order chi connectivity index (χ1) is 8.63. The van der Waals surface area contributed by atoms with Crippen molar-refractivity contribution >= 4 is 23.2 Å². The second-order valence-electron chi connectivity index (χ2n) is 4.17. The Morgan fingerprint density at radius 2 is 2.22 bits per heavy atom. The molecule has 2 rings (SSSR count). The first-order valence-corrected chi connectivity index (χ1v) is 5.74. The highest BCUT2D eigenvalue weighted by atomic mass is 16.2. The molecule has 0 fully saturated rings. The smallest absolute Gasteiger partial charge is 0.234 e. The van der Waals surface area contributed by atoms with Gasteiger partial charge in [0.05, 0.1) is 11.8 Å². The van der Waals surface area contributed by atoms with E-state index in [1.807, 2.05) is 6.07 Å². The van der Waals surface area contributed by atoms with Gasteiger partial charge in [-0.2, -0.15) is 5.26 Å². The first-order valence-electron chi connectivity index (χ1n) is 5.74. The highest BCUT2D eigenvalue weighted by Gasteiger charge is 2.28. The number of anilines is 2. The number of nitrogens with two attached hydrogens (primary N) is 1. The van der Waals surface area contributed by atoms with Crippen molar-refractivity contribution < 1.29 is 9.59 Å². The number of imide groups is 1. The fraction of sp³-hybridized carbons (Fsp3) is 0.308. The number of carbonyl (C=O) groups excluding carboxylic acids is 2. The summed E-state index contributed by atoms with van der Waals surface area (Å²) in [6.07, 6.45) is 1.08. The number of nitrogen functional groups attached to an aromatic ring is 1. The first kappa shape index (κ1) is 12.1. The molecule has 92 valence electrons. The van der Waals surface area contributed by atoms with Crippen LogP contribution in [0.5, 0.6) is 0 Å². The second-order valence-corrected chi connectivity index (χ2v) is 4.17. The third-order valence-electron chi connectivity index (χ3n) is 2.90. The van der Waals surface area contributed by atoms with Crippen LogP contribution in [0.25, 0.3) is 0 Å². The van der Waals surface area contributed by atoms with Crippen molar-refractivity contribution in [1.29, 1.82) is 5.26 Å². The van der Waals surface area contributed by atoms with Gasteiger partial charge >= 0.3 is 0 Å². The van der Waals surface area contributed by atoms with Gasteiger partial charge in [0.25, 0.3) is 0 Å². The SMILES string of the molecule is N#CCCC(=O)N1C(=O)CCc2cc(N)ccc21. The lowest BCUT2D eigenvalue weighted by atomic mass is 10.00. The highest BCUT2D eigenvalue weighted by Crippen LogP contribution is 2.30. The van der Waals surface area contributed by atoms with Gasteiger partial charge in [-0.25, -0.2) is 0 Å². The van der Waals surface area contributed by atoms with Crippen LogP contribution in [0.1, 0.15) is 24.8 Å². The molecular weight excluding hydrogens is 230 g/mol. The average Bonchev–Trinajstić information content (AvgIpc) is 2.36. The third-order valence-corrected chi connectivity index (χ3v) is 2.90. The highest BCUT2D eigenvalue weighted by molar-refractivity contribution is 6.16. The molecule has 0 aliphatic carbocycles. The molecule has 5 nitrogen and oxygen atoms in total. The number of benzene rings is 1. The largest absolute Gasteiger partial charge is 0.399 e. The van der Waals surface area contributed by atoms with Gasteiger partial charge in [0, 0.05) is 24.9 Å². The van der Waals surface area contributed by atoms with Crippen molar-refractivity contribution in [3.05, 3.63) is 23.8 Å². The number of nitriles is 1. The summed E-state index contributed by atoms with van der Waals surface area (Å²) >= 11 is 0. The zero-order chi connectivity index (χ0) is 13.1. The van der Waals surface area contributed by atoms with Crippen LogP contribution in [-0.2, 0) is 16.0 Å². The standard InChI is InChI=1S/C13H13N3O2/c14-7-1-2-12(17)16-11-5-4-10(15)8-9(11)3-6-13(16)18/h4-5,8H,1-3,6,15H2. The van der Waals surface area contributed by atoms with Crippen molar-refractivity contribution in [2.75, 3.05) is 10.6 Å². The Balaban J connectivity index is 2.34. The molecule has 5 heteroatoms. The van der Waals surface area contributed by atoms with Crippen LogP contribution in [0.4, 0.5) is 11.4 Å². The Morgan fingerprint density at radius 3 is 2.94 bits per heavy atom. The maximum absolute atomic E-state index is 11.9. The fourth-order valence-corrected chi connectivity index (χ4v) is 2.06. The summed E-state index contributed by atoms with van der Waals surface area (Å²) in [5.41, 5.74) is 7.81. The minimum absolute atomic E-state index is 0.0616. The summed E-state index contributed by atoms with van der Waals surface area (Å²) in [5, 5.41) is 8.49.